The molecule has 25 heavy (non-hydrogen) atoms. The highest BCUT2D eigenvalue weighted by Gasteiger charge is 2.34. The Labute approximate surface area is 151 Å². The molecule has 2 aromatic heterocycles. The summed E-state index contributed by atoms with van der Waals surface area (Å²) in [5.41, 5.74) is 1.47. The van der Waals surface area contributed by atoms with Gasteiger partial charge in [-0.3, -0.25) is 4.90 Å². The van der Waals surface area contributed by atoms with Gasteiger partial charge in [-0.25, -0.2) is 18.4 Å². The molecule has 0 spiro atoms. The number of hydrogen-bond acceptors (Lipinski definition) is 7. The molecule has 0 saturated carbocycles. The third kappa shape index (κ3) is 2.74. The molecule has 2 aliphatic heterocycles. The van der Waals surface area contributed by atoms with Crippen molar-refractivity contribution in [3.8, 4) is 0 Å². The summed E-state index contributed by atoms with van der Waals surface area (Å²) in [6.45, 7) is 3.65. The van der Waals surface area contributed by atoms with Gasteiger partial charge in [-0.2, -0.15) is 0 Å². The van der Waals surface area contributed by atoms with Crippen LogP contribution in [0.5, 0.6) is 0 Å². The van der Waals surface area contributed by atoms with Gasteiger partial charge in [-0.1, -0.05) is 0 Å². The van der Waals surface area contributed by atoms with Gasteiger partial charge < -0.3 is 4.90 Å². The van der Waals surface area contributed by atoms with Crippen LogP contribution < -0.4 is 4.90 Å². The predicted molar refractivity (Wildman–Crippen MR) is 100 cm³/mol. The minimum Gasteiger partial charge on any atom is -0.353 e. The maximum Gasteiger partial charge on any atom is 0.151 e. The average Bonchev–Trinajstić information content (AvgIpc) is 3.28. The van der Waals surface area contributed by atoms with E-state index < -0.39 is 9.84 Å². The van der Waals surface area contributed by atoms with Crippen molar-refractivity contribution < 1.29 is 8.42 Å². The molecule has 0 amide bonds. The largest absolute Gasteiger partial charge is 0.353 e. The van der Waals surface area contributed by atoms with Gasteiger partial charge >= 0.3 is 0 Å². The molecule has 1 atom stereocenters. The summed E-state index contributed by atoms with van der Waals surface area (Å²) in [6.07, 6.45) is 6.06. The number of thiophene rings is 1. The van der Waals surface area contributed by atoms with E-state index in [1.54, 1.807) is 6.33 Å². The standard InChI is InChI=1S/C17H22N4O2S2/c22-25(23)9-4-12(10-25)20-5-7-21(8-6-20)16-15-13-2-1-3-14(13)24-17(15)19-11-18-16/h11-12H,1-10H2/t12-/m1/s1. The molecular formula is C17H22N4O2S2. The maximum absolute atomic E-state index is 11.7. The summed E-state index contributed by atoms with van der Waals surface area (Å²) in [7, 11) is -2.81. The minimum atomic E-state index is -2.81. The molecule has 0 unspecified atom stereocenters. The zero-order valence-corrected chi connectivity index (χ0v) is 15.8. The van der Waals surface area contributed by atoms with Gasteiger partial charge in [0.1, 0.15) is 17.0 Å². The first-order valence-electron chi connectivity index (χ1n) is 9.05. The maximum atomic E-state index is 11.7. The fourth-order valence-electron chi connectivity index (χ4n) is 4.51. The lowest BCUT2D eigenvalue weighted by Crippen LogP contribution is -2.51. The van der Waals surface area contributed by atoms with Crippen LogP contribution in [-0.4, -0.2) is 67.0 Å². The Bertz CT molecular complexity index is 916. The molecule has 2 aromatic rings. The number of hydrogen-bond donors (Lipinski definition) is 0. The minimum absolute atomic E-state index is 0.211. The van der Waals surface area contributed by atoms with Crippen molar-refractivity contribution in [3.63, 3.8) is 0 Å². The van der Waals surface area contributed by atoms with Gasteiger partial charge in [0.15, 0.2) is 9.84 Å². The molecule has 134 valence electrons. The van der Waals surface area contributed by atoms with Crippen molar-refractivity contribution in [2.75, 3.05) is 42.6 Å². The van der Waals surface area contributed by atoms with Crippen molar-refractivity contribution in [2.24, 2.45) is 0 Å². The van der Waals surface area contributed by atoms with Crippen LogP contribution in [0.1, 0.15) is 23.3 Å². The van der Waals surface area contributed by atoms with E-state index in [9.17, 15) is 8.42 Å². The fraction of sp³-hybridized carbons (Fsp3) is 0.647. The number of nitrogens with zero attached hydrogens (tertiary/aromatic N) is 4. The second kappa shape index (κ2) is 5.89. The first-order chi connectivity index (χ1) is 12.1. The zero-order chi connectivity index (χ0) is 17.0. The first kappa shape index (κ1) is 16.0. The molecular weight excluding hydrogens is 356 g/mol. The third-order valence-electron chi connectivity index (χ3n) is 5.82. The van der Waals surface area contributed by atoms with Crippen LogP contribution in [0.2, 0.25) is 0 Å². The van der Waals surface area contributed by atoms with E-state index in [4.69, 9.17) is 0 Å². The molecule has 4 heterocycles. The lowest BCUT2D eigenvalue weighted by molar-refractivity contribution is 0.200. The van der Waals surface area contributed by atoms with Crippen LogP contribution in [0, 0.1) is 0 Å². The first-order valence-corrected chi connectivity index (χ1v) is 11.7. The van der Waals surface area contributed by atoms with Gasteiger partial charge in [0.25, 0.3) is 0 Å². The summed E-state index contributed by atoms with van der Waals surface area (Å²) in [5.74, 6) is 1.77. The second-order valence-corrected chi connectivity index (χ2v) is 10.6. The Morgan fingerprint density at radius 1 is 1.12 bits per heavy atom. The van der Waals surface area contributed by atoms with Crippen molar-refractivity contribution in [2.45, 2.75) is 31.7 Å². The highest BCUT2D eigenvalue weighted by Crippen LogP contribution is 2.40. The van der Waals surface area contributed by atoms with Crippen LogP contribution in [0.4, 0.5) is 5.82 Å². The summed E-state index contributed by atoms with van der Waals surface area (Å²) >= 11 is 1.83. The van der Waals surface area contributed by atoms with E-state index in [2.05, 4.69) is 19.8 Å². The third-order valence-corrected chi connectivity index (χ3v) is 8.77. The lowest BCUT2D eigenvalue weighted by atomic mass is 10.1. The Morgan fingerprint density at radius 2 is 1.96 bits per heavy atom. The highest BCUT2D eigenvalue weighted by molar-refractivity contribution is 7.91. The highest BCUT2D eigenvalue weighted by atomic mass is 32.2. The van der Waals surface area contributed by atoms with Crippen LogP contribution in [-0.2, 0) is 22.7 Å². The second-order valence-electron chi connectivity index (χ2n) is 7.31. The Balaban J connectivity index is 1.37. The number of aromatic nitrogens is 2. The van der Waals surface area contributed by atoms with Crippen molar-refractivity contribution >= 4 is 37.2 Å². The van der Waals surface area contributed by atoms with Gasteiger partial charge in [0.2, 0.25) is 0 Å². The Hall–Kier alpha value is -1.25. The van der Waals surface area contributed by atoms with E-state index in [0.29, 0.717) is 11.5 Å². The molecule has 6 nitrogen and oxygen atoms in total. The number of anilines is 1. The molecule has 0 N–H and O–H groups in total. The van der Waals surface area contributed by atoms with Crippen molar-refractivity contribution in [1.29, 1.82) is 0 Å². The number of piperazine rings is 1. The normalized spacial score (nSPS) is 26.4. The molecule has 0 bridgehead atoms. The number of rotatable bonds is 2. The van der Waals surface area contributed by atoms with Gasteiger partial charge in [-0.05, 0) is 31.2 Å². The van der Waals surface area contributed by atoms with Gasteiger partial charge in [-0.15, -0.1) is 11.3 Å². The summed E-state index contributed by atoms with van der Waals surface area (Å²) in [4.78, 5) is 16.5. The van der Waals surface area contributed by atoms with Crippen molar-refractivity contribution in [1.82, 2.24) is 14.9 Å². The summed E-state index contributed by atoms with van der Waals surface area (Å²) in [6, 6.07) is 0.211. The zero-order valence-electron chi connectivity index (χ0n) is 14.1. The molecule has 2 saturated heterocycles. The summed E-state index contributed by atoms with van der Waals surface area (Å²) in [5, 5.41) is 1.27. The molecule has 1 aliphatic carbocycles. The van der Waals surface area contributed by atoms with E-state index in [-0.39, 0.29) is 6.04 Å². The molecule has 8 heteroatoms. The SMILES string of the molecule is O=S1(=O)CC[C@@H](N2CCN(c3ncnc4sc5c(c34)CCC5)CC2)C1. The fourth-order valence-corrected chi connectivity index (χ4v) is 7.50. The molecule has 2 fully saturated rings. The van der Waals surface area contributed by atoms with Gasteiger partial charge in [0.05, 0.1) is 16.9 Å². The van der Waals surface area contributed by atoms with E-state index in [0.717, 1.165) is 49.7 Å². The summed E-state index contributed by atoms with van der Waals surface area (Å²) < 4.78 is 23.5. The number of aryl methyl sites for hydroxylation is 2. The van der Waals surface area contributed by atoms with Crippen LogP contribution in [0.3, 0.4) is 0 Å². The smallest absolute Gasteiger partial charge is 0.151 e. The van der Waals surface area contributed by atoms with E-state index in [1.807, 2.05) is 11.3 Å². The van der Waals surface area contributed by atoms with Gasteiger partial charge in [0, 0.05) is 37.1 Å². The van der Waals surface area contributed by atoms with Crippen LogP contribution in [0.25, 0.3) is 10.2 Å². The monoisotopic (exact) mass is 378 g/mol. The Morgan fingerprint density at radius 3 is 2.72 bits per heavy atom. The number of sulfone groups is 1. The van der Waals surface area contributed by atoms with E-state index in [1.165, 1.54) is 28.7 Å². The van der Waals surface area contributed by atoms with E-state index >= 15 is 0 Å². The van der Waals surface area contributed by atoms with Crippen LogP contribution in [0.15, 0.2) is 6.33 Å². The molecule has 0 radical (unpaired) electrons. The molecule has 0 aromatic carbocycles. The quantitative estimate of drug-likeness (QED) is 0.789. The Kier molecular flexibility index (Phi) is 3.76. The molecule has 3 aliphatic rings. The molecule has 5 rings (SSSR count). The lowest BCUT2D eigenvalue weighted by Gasteiger charge is -2.38. The van der Waals surface area contributed by atoms with Crippen molar-refractivity contribution in [3.05, 3.63) is 16.8 Å². The van der Waals surface area contributed by atoms with Crippen LogP contribution >= 0.6 is 11.3 Å². The average molecular weight is 379 g/mol. The predicted octanol–water partition coefficient (Wildman–Crippen LogP) is 1.49. The topological polar surface area (TPSA) is 66.4 Å². The number of fused-ring (bicyclic) bond motifs is 3.